The van der Waals surface area contributed by atoms with Crippen LogP contribution in [-0.4, -0.2) is 33.1 Å². The van der Waals surface area contributed by atoms with Crippen molar-refractivity contribution >= 4 is 34.8 Å². The number of carbonyl (C=O) groups is 2. The number of amides is 2. The van der Waals surface area contributed by atoms with E-state index in [9.17, 15) is 9.59 Å². The van der Waals surface area contributed by atoms with E-state index in [1.54, 1.807) is 49.5 Å². The highest BCUT2D eigenvalue weighted by Gasteiger charge is 2.45. The lowest BCUT2D eigenvalue weighted by Crippen LogP contribution is -2.32. The third kappa shape index (κ3) is 4.65. The van der Waals surface area contributed by atoms with Crippen molar-refractivity contribution in [2.75, 3.05) is 31.5 Å². The Bertz CT molecular complexity index is 1180. The smallest absolute Gasteiger partial charge is 0.230 e. The Labute approximate surface area is 203 Å². The van der Waals surface area contributed by atoms with Gasteiger partial charge in [-0.25, -0.2) is 0 Å². The van der Waals surface area contributed by atoms with E-state index in [0.717, 1.165) is 5.56 Å². The molecule has 0 radical (unpaired) electrons. The van der Waals surface area contributed by atoms with Gasteiger partial charge in [0.25, 0.3) is 0 Å². The first-order valence-electron chi connectivity index (χ1n) is 10.7. The molecular weight excluding hydrogens is 456 g/mol. The van der Waals surface area contributed by atoms with Crippen molar-refractivity contribution in [1.82, 2.24) is 0 Å². The van der Waals surface area contributed by atoms with Crippen molar-refractivity contribution in [1.29, 1.82) is 0 Å². The van der Waals surface area contributed by atoms with E-state index in [1.807, 2.05) is 36.4 Å². The fourth-order valence-corrected chi connectivity index (χ4v) is 4.44. The average molecular weight is 481 g/mol. The standard InChI is InChI=1S/C26H25ClN2O5/c1-32-19-9-4-16(5-10-19)25-21(26(31)28-17-6-13-23(34-3)22(27)14-17)15-24(30)29(25)18-7-11-20(33-2)12-8-18/h4-14,21,25H,15H2,1-3H3,(H,28,31)/t21-,25-/m1/s1. The molecular formula is C26H25ClN2O5. The molecule has 4 rings (SSSR count). The topological polar surface area (TPSA) is 77.1 Å². The molecule has 176 valence electrons. The van der Waals surface area contributed by atoms with Gasteiger partial charge in [0.2, 0.25) is 11.8 Å². The molecule has 1 saturated heterocycles. The van der Waals surface area contributed by atoms with Crippen LogP contribution in [-0.2, 0) is 9.59 Å². The number of halogens is 1. The molecule has 8 heteroatoms. The highest BCUT2D eigenvalue weighted by atomic mass is 35.5. The maximum atomic E-state index is 13.4. The minimum atomic E-state index is -0.621. The van der Waals surface area contributed by atoms with Gasteiger partial charge < -0.3 is 24.4 Å². The van der Waals surface area contributed by atoms with Gasteiger partial charge in [-0.05, 0) is 60.2 Å². The first kappa shape index (κ1) is 23.4. The lowest BCUT2D eigenvalue weighted by molar-refractivity contribution is -0.122. The number of hydrogen-bond donors (Lipinski definition) is 1. The SMILES string of the molecule is COc1ccc([C@@H]2[C@H](C(=O)Nc3ccc(OC)c(Cl)c3)CC(=O)N2c2ccc(OC)cc2)cc1. The largest absolute Gasteiger partial charge is 0.497 e. The van der Waals surface area contributed by atoms with Crippen molar-refractivity contribution in [3.8, 4) is 17.2 Å². The Morgan fingerprint density at radius 2 is 1.53 bits per heavy atom. The monoisotopic (exact) mass is 480 g/mol. The zero-order valence-corrected chi connectivity index (χ0v) is 19.8. The molecule has 1 aliphatic heterocycles. The molecule has 0 aliphatic carbocycles. The maximum absolute atomic E-state index is 13.4. The number of hydrogen-bond acceptors (Lipinski definition) is 5. The predicted octanol–water partition coefficient (Wildman–Crippen LogP) is 5.10. The Kier molecular flexibility index (Phi) is 6.93. The minimum Gasteiger partial charge on any atom is -0.497 e. The van der Waals surface area contributed by atoms with Gasteiger partial charge in [-0.2, -0.15) is 0 Å². The second kappa shape index (κ2) is 10.1. The Morgan fingerprint density at radius 3 is 2.09 bits per heavy atom. The molecule has 1 aliphatic rings. The normalized spacial score (nSPS) is 17.4. The summed E-state index contributed by atoms with van der Waals surface area (Å²) in [6.45, 7) is 0. The number of anilines is 2. The molecule has 1 N–H and O–H groups in total. The highest BCUT2D eigenvalue weighted by molar-refractivity contribution is 6.32. The third-order valence-electron chi connectivity index (χ3n) is 5.89. The fourth-order valence-electron chi connectivity index (χ4n) is 4.18. The molecule has 2 amide bonds. The second-order valence-electron chi connectivity index (χ2n) is 7.83. The Morgan fingerprint density at radius 1 is 0.912 bits per heavy atom. The molecule has 3 aromatic carbocycles. The highest BCUT2D eigenvalue weighted by Crippen LogP contribution is 2.42. The van der Waals surface area contributed by atoms with Crippen LogP contribution < -0.4 is 24.4 Å². The van der Waals surface area contributed by atoms with Crippen LogP contribution in [0.25, 0.3) is 0 Å². The number of ether oxygens (including phenoxy) is 3. The zero-order chi connectivity index (χ0) is 24.2. The molecule has 0 saturated carbocycles. The predicted molar refractivity (Wildman–Crippen MR) is 131 cm³/mol. The molecule has 7 nitrogen and oxygen atoms in total. The van der Waals surface area contributed by atoms with Crippen molar-refractivity contribution in [2.24, 2.45) is 5.92 Å². The van der Waals surface area contributed by atoms with Gasteiger partial charge in [0.15, 0.2) is 0 Å². The molecule has 0 aromatic heterocycles. The van der Waals surface area contributed by atoms with Crippen LogP contribution in [0, 0.1) is 5.92 Å². The van der Waals surface area contributed by atoms with Crippen molar-refractivity contribution in [3.63, 3.8) is 0 Å². The van der Waals surface area contributed by atoms with E-state index < -0.39 is 12.0 Å². The van der Waals surface area contributed by atoms with Crippen LogP contribution in [0.15, 0.2) is 66.7 Å². The van der Waals surface area contributed by atoms with Crippen LogP contribution in [0.5, 0.6) is 17.2 Å². The van der Waals surface area contributed by atoms with Gasteiger partial charge in [-0.3, -0.25) is 9.59 Å². The summed E-state index contributed by atoms with van der Waals surface area (Å²) in [5.74, 6) is 0.853. The lowest BCUT2D eigenvalue weighted by atomic mass is 9.92. The first-order chi connectivity index (χ1) is 16.4. The van der Waals surface area contributed by atoms with E-state index >= 15 is 0 Å². The summed E-state index contributed by atoms with van der Waals surface area (Å²) in [6.07, 6.45) is 0.0679. The maximum Gasteiger partial charge on any atom is 0.230 e. The molecule has 34 heavy (non-hydrogen) atoms. The third-order valence-corrected chi connectivity index (χ3v) is 6.18. The van der Waals surface area contributed by atoms with Gasteiger partial charge in [-0.1, -0.05) is 23.7 Å². The van der Waals surface area contributed by atoms with Gasteiger partial charge in [0, 0.05) is 17.8 Å². The van der Waals surface area contributed by atoms with E-state index in [0.29, 0.717) is 33.6 Å². The van der Waals surface area contributed by atoms with Crippen LogP contribution in [0.2, 0.25) is 5.02 Å². The van der Waals surface area contributed by atoms with Crippen molar-refractivity contribution in [3.05, 3.63) is 77.3 Å². The zero-order valence-electron chi connectivity index (χ0n) is 19.1. The molecule has 0 bridgehead atoms. The molecule has 0 spiro atoms. The van der Waals surface area contributed by atoms with Crippen LogP contribution in [0.3, 0.4) is 0 Å². The summed E-state index contributed by atoms with van der Waals surface area (Å²) in [5.41, 5.74) is 2.05. The first-order valence-corrected chi connectivity index (χ1v) is 11.1. The fraction of sp³-hybridized carbons (Fsp3) is 0.231. The number of benzene rings is 3. The number of nitrogens with zero attached hydrogens (tertiary/aromatic N) is 1. The summed E-state index contributed by atoms with van der Waals surface area (Å²) in [6, 6.07) is 19.1. The van der Waals surface area contributed by atoms with E-state index in [4.69, 9.17) is 25.8 Å². The summed E-state index contributed by atoms with van der Waals surface area (Å²) in [5, 5.41) is 3.29. The Balaban J connectivity index is 1.68. The lowest BCUT2D eigenvalue weighted by Gasteiger charge is -2.28. The summed E-state index contributed by atoms with van der Waals surface area (Å²) in [7, 11) is 4.70. The van der Waals surface area contributed by atoms with Gasteiger partial charge >= 0.3 is 0 Å². The average Bonchev–Trinajstić information content (AvgIpc) is 3.21. The molecule has 3 aromatic rings. The van der Waals surface area contributed by atoms with Crippen molar-refractivity contribution in [2.45, 2.75) is 12.5 Å². The van der Waals surface area contributed by atoms with Gasteiger partial charge in [0.05, 0.1) is 38.3 Å². The summed E-state index contributed by atoms with van der Waals surface area (Å²) in [4.78, 5) is 28.3. The molecule has 1 fully saturated rings. The van der Waals surface area contributed by atoms with Crippen molar-refractivity contribution < 1.29 is 23.8 Å². The van der Waals surface area contributed by atoms with E-state index in [1.165, 1.54) is 7.11 Å². The van der Waals surface area contributed by atoms with Gasteiger partial charge in [-0.15, -0.1) is 0 Å². The molecule has 0 unspecified atom stereocenters. The van der Waals surface area contributed by atoms with Gasteiger partial charge in [0.1, 0.15) is 17.2 Å². The van der Waals surface area contributed by atoms with E-state index in [2.05, 4.69) is 5.32 Å². The van der Waals surface area contributed by atoms with Crippen LogP contribution in [0.4, 0.5) is 11.4 Å². The van der Waals surface area contributed by atoms with Crippen LogP contribution >= 0.6 is 11.6 Å². The Hall–Kier alpha value is -3.71. The van der Waals surface area contributed by atoms with E-state index in [-0.39, 0.29) is 18.2 Å². The second-order valence-corrected chi connectivity index (χ2v) is 8.24. The summed E-state index contributed by atoms with van der Waals surface area (Å²) >= 11 is 6.22. The summed E-state index contributed by atoms with van der Waals surface area (Å²) < 4.78 is 15.7. The quantitative estimate of drug-likeness (QED) is 0.509. The van der Waals surface area contributed by atoms with Crippen LogP contribution in [0.1, 0.15) is 18.0 Å². The number of carbonyl (C=O) groups excluding carboxylic acids is 2. The number of rotatable bonds is 7. The number of nitrogens with one attached hydrogen (secondary N) is 1. The molecule has 1 heterocycles. The molecule has 2 atom stereocenters. The number of methoxy groups -OCH3 is 3. The minimum absolute atomic E-state index is 0.0679.